The van der Waals surface area contributed by atoms with Gasteiger partial charge in [0.05, 0.1) is 5.69 Å². The highest BCUT2D eigenvalue weighted by atomic mass is 79.9. The second kappa shape index (κ2) is 3.07. The maximum Gasteiger partial charge on any atom is 0.144 e. The monoisotopic (exact) mass is 260 g/mol. The van der Waals surface area contributed by atoms with E-state index in [1.165, 1.54) is 10.8 Å². The first-order valence-electron chi connectivity index (χ1n) is 4.77. The third kappa shape index (κ3) is 1.35. The highest BCUT2D eigenvalue weighted by molar-refractivity contribution is 9.10. The zero-order valence-electron chi connectivity index (χ0n) is 8.24. The molecule has 74 valence electrons. The van der Waals surface area contributed by atoms with E-state index in [9.17, 15) is 0 Å². The van der Waals surface area contributed by atoms with Gasteiger partial charge in [0.1, 0.15) is 5.65 Å². The van der Waals surface area contributed by atoms with Crippen molar-refractivity contribution in [2.45, 2.75) is 6.92 Å². The fourth-order valence-corrected chi connectivity index (χ4v) is 2.24. The third-order valence-electron chi connectivity index (χ3n) is 2.52. The minimum atomic E-state index is 1.03. The number of imidazole rings is 1. The van der Waals surface area contributed by atoms with Gasteiger partial charge in [0, 0.05) is 22.3 Å². The molecule has 0 aliphatic carbocycles. The van der Waals surface area contributed by atoms with Crippen LogP contribution in [0.3, 0.4) is 0 Å². The van der Waals surface area contributed by atoms with Crippen LogP contribution in [0.1, 0.15) is 5.69 Å². The van der Waals surface area contributed by atoms with Crippen molar-refractivity contribution in [1.29, 1.82) is 0 Å². The minimum Gasteiger partial charge on any atom is -0.306 e. The highest BCUT2D eigenvalue weighted by Crippen LogP contribution is 2.23. The van der Waals surface area contributed by atoms with Crippen molar-refractivity contribution in [1.82, 2.24) is 9.38 Å². The number of rotatable bonds is 0. The van der Waals surface area contributed by atoms with Gasteiger partial charge in [-0.3, -0.25) is 0 Å². The standard InChI is InChI=1S/C12H9BrN2/c1-8-7-15-5-4-9-6-10(13)2-3-11(9)12(15)14-8/h2-7H,1H3. The van der Waals surface area contributed by atoms with Crippen LogP contribution in [0.25, 0.3) is 16.4 Å². The lowest BCUT2D eigenvalue weighted by molar-refractivity contribution is 1.20. The molecule has 0 aliphatic heterocycles. The van der Waals surface area contributed by atoms with Gasteiger partial charge in [-0.1, -0.05) is 15.9 Å². The molecule has 0 fully saturated rings. The predicted molar refractivity (Wildman–Crippen MR) is 65.1 cm³/mol. The highest BCUT2D eigenvalue weighted by Gasteiger charge is 2.03. The van der Waals surface area contributed by atoms with Gasteiger partial charge in [-0.05, 0) is 36.6 Å². The van der Waals surface area contributed by atoms with Crippen LogP contribution in [-0.4, -0.2) is 9.38 Å². The molecule has 0 bridgehead atoms. The molecule has 1 aromatic carbocycles. The van der Waals surface area contributed by atoms with E-state index >= 15 is 0 Å². The van der Waals surface area contributed by atoms with Gasteiger partial charge in [0.25, 0.3) is 0 Å². The number of aromatic nitrogens is 2. The van der Waals surface area contributed by atoms with E-state index in [-0.39, 0.29) is 0 Å². The minimum absolute atomic E-state index is 1.03. The maximum atomic E-state index is 4.52. The molecule has 15 heavy (non-hydrogen) atoms. The van der Waals surface area contributed by atoms with Gasteiger partial charge in [-0.25, -0.2) is 4.98 Å². The Bertz CT molecular complexity index is 655. The summed E-state index contributed by atoms with van der Waals surface area (Å²) < 4.78 is 3.16. The Morgan fingerprint density at radius 3 is 3.00 bits per heavy atom. The zero-order valence-corrected chi connectivity index (χ0v) is 9.82. The molecule has 2 nitrogen and oxygen atoms in total. The van der Waals surface area contributed by atoms with Crippen molar-refractivity contribution in [3.63, 3.8) is 0 Å². The van der Waals surface area contributed by atoms with E-state index in [0.717, 1.165) is 15.8 Å². The summed E-state index contributed by atoms with van der Waals surface area (Å²) in [6, 6.07) is 8.36. The van der Waals surface area contributed by atoms with Crippen LogP contribution in [0.2, 0.25) is 0 Å². The number of fused-ring (bicyclic) bond motifs is 3. The summed E-state index contributed by atoms with van der Waals surface area (Å²) in [5.74, 6) is 0. The SMILES string of the molecule is Cc1cn2ccc3cc(Br)ccc3c2n1. The summed E-state index contributed by atoms with van der Waals surface area (Å²) >= 11 is 3.47. The number of hydrogen-bond acceptors (Lipinski definition) is 1. The van der Waals surface area contributed by atoms with Gasteiger partial charge < -0.3 is 4.40 Å². The van der Waals surface area contributed by atoms with Gasteiger partial charge in [0.2, 0.25) is 0 Å². The second-order valence-electron chi connectivity index (χ2n) is 3.66. The molecule has 0 saturated carbocycles. The Balaban J connectivity index is 2.53. The van der Waals surface area contributed by atoms with Crippen molar-refractivity contribution in [3.8, 4) is 0 Å². The molecule has 2 heterocycles. The fraction of sp³-hybridized carbons (Fsp3) is 0.0833. The summed E-state index contributed by atoms with van der Waals surface area (Å²) in [7, 11) is 0. The first-order valence-corrected chi connectivity index (χ1v) is 5.57. The molecule has 0 aliphatic rings. The lowest BCUT2D eigenvalue weighted by Gasteiger charge is -2.00. The molecule has 0 amide bonds. The van der Waals surface area contributed by atoms with Crippen LogP contribution < -0.4 is 0 Å². The third-order valence-corrected chi connectivity index (χ3v) is 3.02. The second-order valence-corrected chi connectivity index (χ2v) is 4.58. The van der Waals surface area contributed by atoms with Crippen molar-refractivity contribution < 1.29 is 0 Å². The largest absolute Gasteiger partial charge is 0.306 e. The number of nitrogens with zero attached hydrogens (tertiary/aromatic N) is 2. The number of halogens is 1. The summed E-state index contributed by atoms with van der Waals surface area (Å²) in [6.07, 6.45) is 4.08. The fourth-order valence-electron chi connectivity index (χ4n) is 1.86. The molecule has 0 atom stereocenters. The van der Waals surface area contributed by atoms with E-state index in [2.05, 4.69) is 43.5 Å². The molecular formula is C12H9BrN2. The number of benzene rings is 1. The molecule has 0 unspecified atom stereocenters. The van der Waals surface area contributed by atoms with E-state index in [1.54, 1.807) is 0 Å². The number of aryl methyl sites for hydroxylation is 1. The maximum absolute atomic E-state index is 4.52. The van der Waals surface area contributed by atoms with E-state index < -0.39 is 0 Å². The smallest absolute Gasteiger partial charge is 0.144 e. The van der Waals surface area contributed by atoms with Crippen LogP contribution in [0.4, 0.5) is 0 Å². The summed E-state index contributed by atoms with van der Waals surface area (Å²) in [5, 5.41) is 2.40. The van der Waals surface area contributed by atoms with Gasteiger partial charge in [-0.15, -0.1) is 0 Å². The Kier molecular flexibility index (Phi) is 1.83. The van der Waals surface area contributed by atoms with Crippen LogP contribution in [-0.2, 0) is 0 Å². The van der Waals surface area contributed by atoms with Crippen LogP contribution >= 0.6 is 15.9 Å². The van der Waals surface area contributed by atoms with Crippen molar-refractivity contribution in [3.05, 3.63) is 46.8 Å². The van der Waals surface area contributed by atoms with E-state index in [1.807, 2.05) is 25.4 Å². The van der Waals surface area contributed by atoms with Crippen LogP contribution in [0.5, 0.6) is 0 Å². The van der Waals surface area contributed by atoms with Crippen molar-refractivity contribution in [2.24, 2.45) is 0 Å². The van der Waals surface area contributed by atoms with Gasteiger partial charge >= 0.3 is 0 Å². The Labute approximate surface area is 95.7 Å². The molecular weight excluding hydrogens is 252 g/mol. The Morgan fingerprint density at radius 1 is 1.27 bits per heavy atom. The van der Waals surface area contributed by atoms with E-state index in [4.69, 9.17) is 0 Å². The molecule has 3 rings (SSSR count). The quantitative estimate of drug-likeness (QED) is 0.604. The Morgan fingerprint density at radius 2 is 2.13 bits per heavy atom. The molecule has 0 spiro atoms. The normalized spacial score (nSPS) is 11.3. The average molecular weight is 261 g/mol. The lowest BCUT2D eigenvalue weighted by Crippen LogP contribution is -1.84. The molecule has 2 aromatic heterocycles. The first kappa shape index (κ1) is 8.92. The number of hydrogen-bond donors (Lipinski definition) is 0. The lowest BCUT2D eigenvalue weighted by atomic mass is 10.2. The summed E-state index contributed by atoms with van der Waals surface area (Å²) in [6.45, 7) is 2.01. The first-order chi connectivity index (χ1) is 7.24. The predicted octanol–water partition coefficient (Wildman–Crippen LogP) is 3.56. The topological polar surface area (TPSA) is 17.3 Å². The van der Waals surface area contributed by atoms with Gasteiger partial charge in [0.15, 0.2) is 0 Å². The Hall–Kier alpha value is -1.35. The van der Waals surface area contributed by atoms with Crippen molar-refractivity contribution in [2.75, 3.05) is 0 Å². The molecule has 0 N–H and O–H groups in total. The molecule has 0 saturated heterocycles. The number of pyridine rings is 1. The molecule has 3 heteroatoms. The summed E-state index contributed by atoms with van der Waals surface area (Å²) in [5.41, 5.74) is 2.07. The average Bonchev–Trinajstić information content (AvgIpc) is 2.58. The van der Waals surface area contributed by atoms with Crippen molar-refractivity contribution >= 4 is 32.3 Å². The molecule has 0 radical (unpaired) electrons. The van der Waals surface area contributed by atoms with Gasteiger partial charge in [-0.2, -0.15) is 0 Å². The van der Waals surface area contributed by atoms with E-state index in [0.29, 0.717) is 0 Å². The summed E-state index contributed by atoms with van der Waals surface area (Å²) in [4.78, 5) is 4.52. The zero-order chi connectivity index (χ0) is 10.4. The molecule has 3 aromatic rings. The van der Waals surface area contributed by atoms with Crippen LogP contribution in [0, 0.1) is 6.92 Å². The van der Waals surface area contributed by atoms with Crippen LogP contribution in [0.15, 0.2) is 41.1 Å².